The molecule has 9 heteroatoms. The van der Waals surface area contributed by atoms with Crippen molar-refractivity contribution in [2.75, 3.05) is 0 Å². The standard InChI is InChI=1S/C30H48O8S/c1-15(2)16(3)26-27(37-26)17(4)20-10-11-21-19-8-9-23-28(38-39(33,34)35)25(32)24(36-18(5)31)14-30(23,7)22(19)12-13-29(20,21)6/h8,15-17,20-28,32H,9-14H2,1-7H3,(H,33,34,35). The van der Waals surface area contributed by atoms with E-state index in [2.05, 4.69) is 47.6 Å². The van der Waals surface area contributed by atoms with E-state index in [1.165, 1.54) is 18.9 Å². The van der Waals surface area contributed by atoms with Gasteiger partial charge < -0.3 is 14.6 Å². The fraction of sp³-hybridized carbons (Fsp3) is 0.900. The van der Waals surface area contributed by atoms with Crippen molar-refractivity contribution in [1.29, 1.82) is 0 Å². The van der Waals surface area contributed by atoms with E-state index in [0.717, 1.165) is 19.3 Å². The van der Waals surface area contributed by atoms with E-state index in [9.17, 15) is 22.9 Å². The van der Waals surface area contributed by atoms with Crippen molar-refractivity contribution in [3.8, 4) is 0 Å². The van der Waals surface area contributed by atoms with E-state index in [1.54, 1.807) is 0 Å². The van der Waals surface area contributed by atoms with Crippen LogP contribution < -0.4 is 0 Å². The molecule has 2 N–H and O–H groups in total. The summed E-state index contributed by atoms with van der Waals surface area (Å²) in [6, 6.07) is 0. The number of carbonyl (C=O) groups excluding carboxylic acids is 1. The Morgan fingerprint density at radius 3 is 2.36 bits per heavy atom. The smallest absolute Gasteiger partial charge is 0.397 e. The van der Waals surface area contributed by atoms with Crippen LogP contribution in [0.2, 0.25) is 0 Å². The summed E-state index contributed by atoms with van der Waals surface area (Å²) in [5, 5.41) is 11.0. The molecule has 0 bridgehead atoms. The zero-order chi connectivity index (χ0) is 28.7. The van der Waals surface area contributed by atoms with Crippen molar-refractivity contribution < 1.29 is 36.5 Å². The van der Waals surface area contributed by atoms with Gasteiger partial charge in [-0.25, -0.2) is 4.18 Å². The van der Waals surface area contributed by atoms with Gasteiger partial charge in [0.25, 0.3) is 0 Å². The van der Waals surface area contributed by atoms with Gasteiger partial charge in [0.05, 0.1) is 12.2 Å². The van der Waals surface area contributed by atoms with Gasteiger partial charge in [0.2, 0.25) is 0 Å². The van der Waals surface area contributed by atoms with Crippen LogP contribution in [-0.4, -0.2) is 54.6 Å². The van der Waals surface area contributed by atoms with Gasteiger partial charge in [0.15, 0.2) is 0 Å². The van der Waals surface area contributed by atoms with Gasteiger partial charge in [0.1, 0.15) is 18.3 Å². The fourth-order valence-corrected chi connectivity index (χ4v) is 10.2. The molecule has 1 heterocycles. The minimum absolute atomic E-state index is 0.173. The van der Waals surface area contributed by atoms with Gasteiger partial charge in [0, 0.05) is 6.92 Å². The topological polar surface area (TPSA) is 123 Å². The number of ether oxygens (including phenoxy) is 2. The summed E-state index contributed by atoms with van der Waals surface area (Å²) in [6.45, 7) is 15.1. The Labute approximate surface area is 234 Å². The molecule has 1 saturated heterocycles. The zero-order valence-corrected chi connectivity index (χ0v) is 25.3. The van der Waals surface area contributed by atoms with Crippen LogP contribution in [0.3, 0.4) is 0 Å². The molecule has 0 spiro atoms. The second-order valence-electron chi connectivity index (χ2n) is 14.2. The van der Waals surface area contributed by atoms with Crippen LogP contribution >= 0.6 is 0 Å². The molecule has 5 rings (SSSR count). The first-order valence-electron chi connectivity index (χ1n) is 14.9. The monoisotopic (exact) mass is 568 g/mol. The molecular formula is C30H48O8S. The highest BCUT2D eigenvalue weighted by molar-refractivity contribution is 7.80. The predicted molar refractivity (Wildman–Crippen MR) is 146 cm³/mol. The molecule has 4 aliphatic carbocycles. The van der Waals surface area contributed by atoms with Crippen molar-refractivity contribution in [2.24, 2.45) is 52.3 Å². The maximum Gasteiger partial charge on any atom is 0.397 e. The van der Waals surface area contributed by atoms with E-state index in [1.807, 2.05) is 0 Å². The van der Waals surface area contributed by atoms with Crippen LogP contribution in [0.4, 0.5) is 0 Å². The maximum atomic E-state index is 11.9. The third kappa shape index (κ3) is 5.02. The van der Waals surface area contributed by atoms with Crippen LogP contribution in [0.5, 0.6) is 0 Å². The van der Waals surface area contributed by atoms with E-state index >= 15 is 0 Å². The highest BCUT2D eigenvalue weighted by atomic mass is 32.3. The van der Waals surface area contributed by atoms with Crippen molar-refractivity contribution >= 4 is 16.4 Å². The van der Waals surface area contributed by atoms with Crippen molar-refractivity contribution in [3.63, 3.8) is 0 Å². The predicted octanol–water partition coefficient (Wildman–Crippen LogP) is 4.96. The third-order valence-corrected chi connectivity index (χ3v) is 12.5. The second-order valence-corrected chi connectivity index (χ2v) is 15.3. The molecule has 4 fully saturated rings. The van der Waals surface area contributed by atoms with Crippen LogP contribution in [0, 0.1) is 52.3 Å². The zero-order valence-electron chi connectivity index (χ0n) is 24.5. The number of aliphatic hydroxyl groups is 1. The number of rotatable bonds is 7. The van der Waals surface area contributed by atoms with Crippen molar-refractivity contribution in [2.45, 2.75) is 118 Å². The molecule has 1 aliphatic heterocycles. The molecule has 0 radical (unpaired) electrons. The number of hydrogen-bond donors (Lipinski definition) is 2. The van der Waals surface area contributed by atoms with E-state index in [-0.39, 0.29) is 17.3 Å². The lowest BCUT2D eigenvalue weighted by atomic mass is 9.47. The number of allylic oxidation sites excluding steroid dienone is 2. The summed E-state index contributed by atoms with van der Waals surface area (Å²) in [7, 11) is -4.81. The summed E-state index contributed by atoms with van der Waals surface area (Å²) in [5.41, 5.74) is 1.18. The molecule has 5 aliphatic rings. The lowest BCUT2D eigenvalue weighted by molar-refractivity contribution is -0.189. The molecule has 8 nitrogen and oxygen atoms in total. The Morgan fingerprint density at radius 1 is 1.08 bits per heavy atom. The van der Waals surface area contributed by atoms with Gasteiger partial charge in [-0.05, 0) is 90.8 Å². The first kappa shape index (κ1) is 29.5. The van der Waals surface area contributed by atoms with E-state index in [0.29, 0.717) is 54.6 Å². The summed E-state index contributed by atoms with van der Waals surface area (Å²) < 4.78 is 50.0. The number of carbonyl (C=O) groups is 1. The Bertz CT molecular complexity index is 1100. The minimum Gasteiger partial charge on any atom is -0.460 e. The van der Waals surface area contributed by atoms with Crippen molar-refractivity contribution in [1.82, 2.24) is 0 Å². The van der Waals surface area contributed by atoms with Gasteiger partial charge in [-0.1, -0.05) is 53.2 Å². The van der Waals surface area contributed by atoms with E-state index in [4.69, 9.17) is 13.7 Å². The van der Waals surface area contributed by atoms with Crippen LogP contribution in [-0.2, 0) is 28.9 Å². The summed E-state index contributed by atoms with van der Waals surface area (Å²) in [5.74, 6) is 2.01. The number of fused-ring (bicyclic) bond motifs is 5. The average molecular weight is 569 g/mol. The Morgan fingerprint density at radius 2 is 1.74 bits per heavy atom. The molecule has 39 heavy (non-hydrogen) atoms. The molecule has 0 aromatic heterocycles. The third-order valence-electron chi connectivity index (χ3n) is 12.0. The quantitative estimate of drug-likeness (QED) is 0.191. The second kappa shape index (κ2) is 10.1. The lowest BCUT2D eigenvalue weighted by Crippen LogP contribution is -2.61. The largest absolute Gasteiger partial charge is 0.460 e. The molecular weight excluding hydrogens is 520 g/mol. The Balaban J connectivity index is 1.41. The number of aliphatic hydroxyl groups excluding tert-OH is 1. The summed E-state index contributed by atoms with van der Waals surface area (Å²) in [6.07, 6.45) is 4.88. The van der Waals surface area contributed by atoms with Crippen LogP contribution in [0.15, 0.2) is 11.6 Å². The van der Waals surface area contributed by atoms with E-state index < -0.39 is 40.1 Å². The van der Waals surface area contributed by atoms with Gasteiger partial charge in [-0.15, -0.1) is 0 Å². The highest BCUT2D eigenvalue weighted by Crippen LogP contribution is 2.68. The molecule has 0 amide bonds. The number of esters is 1. The maximum absolute atomic E-state index is 11.9. The Kier molecular flexibility index (Phi) is 7.62. The molecule has 0 aromatic rings. The minimum atomic E-state index is -4.81. The van der Waals surface area contributed by atoms with Crippen molar-refractivity contribution in [3.05, 3.63) is 11.6 Å². The van der Waals surface area contributed by atoms with Gasteiger partial charge >= 0.3 is 16.4 Å². The first-order valence-corrected chi connectivity index (χ1v) is 16.3. The fourth-order valence-electron chi connectivity index (χ4n) is 9.67. The van der Waals surface area contributed by atoms with Crippen LogP contribution in [0.1, 0.15) is 87.0 Å². The lowest BCUT2D eigenvalue weighted by Gasteiger charge is -2.59. The molecule has 3 saturated carbocycles. The SMILES string of the molecule is CC(=O)OC1CC2(C)C3CCC4(C)C(CCC4C(C)C4OC4C(C)C(C)C)C3=CCC2C(OS(=O)(=O)O)C1O. The van der Waals surface area contributed by atoms with Crippen LogP contribution in [0.25, 0.3) is 0 Å². The number of hydrogen-bond acceptors (Lipinski definition) is 7. The van der Waals surface area contributed by atoms with Gasteiger partial charge in [-0.2, -0.15) is 8.42 Å². The highest BCUT2D eigenvalue weighted by Gasteiger charge is 2.63. The Hall–Kier alpha value is -1.00. The summed E-state index contributed by atoms with van der Waals surface area (Å²) >= 11 is 0. The average Bonchev–Trinajstić information content (AvgIpc) is 3.54. The first-order chi connectivity index (χ1) is 18.1. The molecule has 13 unspecified atom stereocenters. The molecule has 0 aromatic carbocycles. The summed E-state index contributed by atoms with van der Waals surface area (Å²) in [4.78, 5) is 11.9. The normalized spacial score (nSPS) is 46.9. The molecule has 13 atom stereocenters. The molecule has 222 valence electrons. The van der Waals surface area contributed by atoms with Gasteiger partial charge in [-0.3, -0.25) is 9.35 Å². The number of epoxide rings is 1.